The first-order valence-electron chi connectivity index (χ1n) is 6.31. The molecule has 0 aliphatic carbocycles. The van der Waals surface area contributed by atoms with Crippen LogP contribution in [0, 0.1) is 0 Å². The van der Waals surface area contributed by atoms with Gasteiger partial charge in [0.1, 0.15) is 5.84 Å². The number of rotatable bonds is 0. The van der Waals surface area contributed by atoms with Crippen molar-refractivity contribution in [3.05, 3.63) is 22.2 Å². The summed E-state index contributed by atoms with van der Waals surface area (Å²) in [6.07, 6.45) is 1.89. The van der Waals surface area contributed by atoms with Gasteiger partial charge in [0, 0.05) is 13.1 Å². The van der Waals surface area contributed by atoms with Crippen molar-refractivity contribution in [1.29, 1.82) is 0 Å². The number of hydrogen-bond acceptors (Lipinski definition) is 4. The molecule has 2 aliphatic rings. The Morgan fingerprint density at radius 3 is 2.58 bits per heavy atom. The van der Waals surface area contributed by atoms with E-state index in [0.717, 1.165) is 37.3 Å². The van der Waals surface area contributed by atoms with Crippen LogP contribution < -0.4 is 11.1 Å². The van der Waals surface area contributed by atoms with Crippen LogP contribution in [0.15, 0.2) is 17.1 Å². The van der Waals surface area contributed by atoms with E-state index in [0.29, 0.717) is 15.9 Å². The lowest BCUT2D eigenvalue weighted by molar-refractivity contribution is 0.239. The van der Waals surface area contributed by atoms with Crippen molar-refractivity contribution in [2.45, 2.75) is 18.4 Å². The lowest BCUT2D eigenvalue weighted by atomic mass is 9.85. The van der Waals surface area contributed by atoms with E-state index in [1.807, 2.05) is 6.07 Å². The third-order valence-corrected chi connectivity index (χ3v) is 4.71. The molecule has 1 saturated heterocycles. The van der Waals surface area contributed by atoms with Crippen LogP contribution in [0.4, 0.5) is 11.4 Å². The third kappa shape index (κ3) is 2.18. The molecule has 0 amide bonds. The van der Waals surface area contributed by atoms with Crippen LogP contribution in [0.2, 0.25) is 10.0 Å². The number of nitrogens with one attached hydrogen (secondary N) is 1. The van der Waals surface area contributed by atoms with Gasteiger partial charge in [-0.05, 0) is 32.0 Å². The molecule has 0 saturated carbocycles. The smallest absolute Gasteiger partial charge is 0.126 e. The minimum atomic E-state index is -0.239. The van der Waals surface area contributed by atoms with Crippen molar-refractivity contribution in [3.63, 3.8) is 0 Å². The van der Waals surface area contributed by atoms with Gasteiger partial charge >= 0.3 is 0 Å². The summed E-state index contributed by atoms with van der Waals surface area (Å²) in [6, 6.07) is 3.58. The van der Waals surface area contributed by atoms with Crippen LogP contribution in [0.5, 0.6) is 0 Å². The van der Waals surface area contributed by atoms with Crippen LogP contribution in [0.25, 0.3) is 0 Å². The summed E-state index contributed by atoms with van der Waals surface area (Å²) in [5.74, 6) is 0.645. The Labute approximate surface area is 122 Å². The summed E-state index contributed by atoms with van der Waals surface area (Å²) < 4.78 is 0. The molecule has 1 fully saturated rings. The van der Waals surface area contributed by atoms with Crippen molar-refractivity contribution >= 4 is 40.4 Å². The van der Waals surface area contributed by atoms with Crippen LogP contribution in [-0.4, -0.2) is 36.4 Å². The third-order valence-electron chi connectivity index (χ3n) is 3.98. The van der Waals surface area contributed by atoms with Gasteiger partial charge in [-0.1, -0.05) is 23.2 Å². The number of piperidine rings is 1. The Morgan fingerprint density at radius 2 is 1.89 bits per heavy atom. The summed E-state index contributed by atoms with van der Waals surface area (Å²) in [5, 5.41) is 4.56. The molecule has 2 heterocycles. The first kappa shape index (κ1) is 13.0. The van der Waals surface area contributed by atoms with E-state index in [1.165, 1.54) is 0 Å². The minimum Gasteiger partial charge on any atom is -0.385 e. The van der Waals surface area contributed by atoms with Gasteiger partial charge in [0.2, 0.25) is 0 Å². The molecule has 19 heavy (non-hydrogen) atoms. The Morgan fingerprint density at radius 1 is 1.26 bits per heavy atom. The molecule has 0 radical (unpaired) electrons. The van der Waals surface area contributed by atoms with Gasteiger partial charge in [0.25, 0.3) is 0 Å². The monoisotopic (exact) mass is 298 g/mol. The second-order valence-electron chi connectivity index (χ2n) is 5.29. The van der Waals surface area contributed by atoms with Crippen molar-refractivity contribution in [2.24, 2.45) is 10.7 Å². The quantitative estimate of drug-likeness (QED) is 0.774. The fourth-order valence-corrected chi connectivity index (χ4v) is 2.99. The maximum atomic E-state index is 6.19. The first-order valence-corrected chi connectivity index (χ1v) is 7.06. The highest BCUT2D eigenvalue weighted by Gasteiger charge is 2.40. The van der Waals surface area contributed by atoms with E-state index in [-0.39, 0.29) is 5.54 Å². The van der Waals surface area contributed by atoms with Gasteiger partial charge in [-0.25, -0.2) is 4.99 Å². The molecule has 4 nitrogen and oxygen atoms in total. The lowest BCUT2D eigenvalue weighted by Gasteiger charge is -2.43. The van der Waals surface area contributed by atoms with E-state index in [4.69, 9.17) is 28.9 Å². The number of aliphatic imine (C=N–C) groups is 1. The molecular formula is C13H16Cl2N4. The molecule has 1 aromatic rings. The van der Waals surface area contributed by atoms with E-state index in [2.05, 4.69) is 22.3 Å². The van der Waals surface area contributed by atoms with E-state index in [9.17, 15) is 0 Å². The van der Waals surface area contributed by atoms with Crippen molar-refractivity contribution in [1.82, 2.24) is 4.90 Å². The molecule has 102 valence electrons. The van der Waals surface area contributed by atoms with Gasteiger partial charge in [-0.3, -0.25) is 0 Å². The predicted molar refractivity (Wildman–Crippen MR) is 80.8 cm³/mol. The molecule has 3 rings (SSSR count). The second-order valence-corrected chi connectivity index (χ2v) is 6.11. The number of benzene rings is 1. The zero-order valence-corrected chi connectivity index (χ0v) is 12.2. The Balaban J connectivity index is 1.99. The lowest BCUT2D eigenvalue weighted by Crippen LogP contribution is -2.57. The van der Waals surface area contributed by atoms with Crippen LogP contribution in [0.1, 0.15) is 12.8 Å². The molecule has 1 aromatic carbocycles. The highest BCUT2D eigenvalue weighted by Crippen LogP contribution is 2.41. The fourth-order valence-electron chi connectivity index (χ4n) is 2.67. The molecule has 2 aliphatic heterocycles. The number of hydrogen-bond donors (Lipinski definition) is 2. The van der Waals surface area contributed by atoms with E-state index < -0.39 is 0 Å². The number of nitrogens with zero attached hydrogens (tertiary/aromatic N) is 2. The standard InChI is InChI=1S/C13H16Cl2N4/c1-19-4-2-13(3-5-19)12(16)17-10-6-8(14)9(15)7-11(10)18-13/h6-7,18H,2-5H2,1H3,(H2,16,17). The van der Waals surface area contributed by atoms with Gasteiger partial charge in [0.05, 0.1) is 27.0 Å². The van der Waals surface area contributed by atoms with E-state index in [1.54, 1.807) is 6.07 Å². The molecule has 1 spiro atoms. The summed E-state index contributed by atoms with van der Waals surface area (Å²) in [4.78, 5) is 6.82. The molecule has 0 bridgehead atoms. The second kappa shape index (κ2) is 4.54. The summed E-state index contributed by atoms with van der Waals surface area (Å²) in [6.45, 7) is 2.00. The fraction of sp³-hybridized carbons (Fsp3) is 0.462. The number of likely N-dealkylation sites (tertiary alicyclic amines) is 1. The molecule has 0 atom stereocenters. The van der Waals surface area contributed by atoms with Crippen molar-refractivity contribution in [3.8, 4) is 0 Å². The topological polar surface area (TPSA) is 53.6 Å². The molecular weight excluding hydrogens is 283 g/mol. The summed E-state index contributed by atoms with van der Waals surface area (Å²) in [5.41, 5.74) is 7.62. The average molecular weight is 299 g/mol. The predicted octanol–water partition coefficient (Wildman–Crippen LogP) is 2.87. The largest absolute Gasteiger partial charge is 0.385 e. The average Bonchev–Trinajstić information content (AvgIpc) is 2.37. The minimum absolute atomic E-state index is 0.239. The molecule has 6 heteroatoms. The first-order chi connectivity index (χ1) is 9.00. The van der Waals surface area contributed by atoms with Gasteiger partial charge < -0.3 is 16.0 Å². The van der Waals surface area contributed by atoms with Crippen LogP contribution in [0.3, 0.4) is 0 Å². The molecule has 3 N–H and O–H groups in total. The van der Waals surface area contributed by atoms with Gasteiger partial charge in [-0.2, -0.15) is 0 Å². The summed E-state index contributed by atoms with van der Waals surface area (Å²) >= 11 is 12.1. The van der Waals surface area contributed by atoms with Crippen LogP contribution in [-0.2, 0) is 0 Å². The van der Waals surface area contributed by atoms with Gasteiger partial charge in [0.15, 0.2) is 0 Å². The maximum Gasteiger partial charge on any atom is 0.126 e. The van der Waals surface area contributed by atoms with E-state index >= 15 is 0 Å². The zero-order chi connectivity index (χ0) is 13.6. The Bertz CT molecular complexity index is 548. The number of fused-ring (bicyclic) bond motifs is 1. The highest BCUT2D eigenvalue weighted by molar-refractivity contribution is 6.42. The van der Waals surface area contributed by atoms with Crippen LogP contribution >= 0.6 is 23.2 Å². The SMILES string of the molecule is CN1CCC2(CC1)Nc1cc(Cl)c(Cl)cc1N=C2N. The summed E-state index contributed by atoms with van der Waals surface area (Å²) in [7, 11) is 2.12. The number of nitrogens with two attached hydrogens (primary N) is 1. The van der Waals surface area contributed by atoms with Gasteiger partial charge in [-0.15, -0.1) is 0 Å². The normalized spacial score (nSPS) is 21.7. The Hall–Kier alpha value is -0.970. The Kier molecular flexibility index (Phi) is 3.12. The number of halogens is 2. The number of amidine groups is 1. The maximum absolute atomic E-state index is 6.19. The molecule has 0 unspecified atom stereocenters. The highest BCUT2D eigenvalue weighted by atomic mass is 35.5. The van der Waals surface area contributed by atoms with Crippen molar-refractivity contribution in [2.75, 3.05) is 25.5 Å². The molecule has 0 aromatic heterocycles. The number of anilines is 1. The van der Waals surface area contributed by atoms with Crippen molar-refractivity contribution < 1.29 is 0 Å². The zero-order valence-electron chi connectivity index (χ0n) is 10.7.